The van der Waals surface area contributed by atoms with E-state index in [0.29, 0.717) is 0 Å². The zero-order valence-corrected chi connectivity index (χ0v) is 24.1. The Labute approximate surface area is 258 Å². The number of hydrogen-bond acceptors (Lipinski definition) is 6. The van der Waals surface area contributed by atoms with E-state index in [2.05, 4.69) is 46.4 Å². The zero-order valence-electron chi connectivity index (χ0n) is 24.1. The van der Waals surface area contributed by atoms with Crippen LogP contribution in [0.15, 0.2) is 122 Å². The Kier molecular flexibility index (Phi) is 5.46. The van der Waals surface area contributed by atoms with Gasteiger partial charge >= 0.3 is 0 Å². The van der Waals surface area contributed by atoms with Gasteiger partial charge in [0.2, 0.25) is 0 Å². The normalized spacial score (nSPS) is 12.1. The fraction of sp³-hybridized carbons (Fsp3) is 0.0256. The molecule has 0 radical (unpaired) electrons. The van der Waals surface area contributed by atoms with E-state index in [4.69, 9.17) is 20.9 Å². The number of nitrogen functional groups attached to an aromatic ring is 2. The summed E-state index contributed by atoms with van der Waals surface area (Å²) in [4.78, 5) is 9.30. The van der Waals surface area contributed by atoms with E-state index in [9.17, 15) is 0 Å². The van der Waals surface area contributed by atoms with Gasteiger partial charge in [-0.2, -0.15) is 0 Å². The summed E-state index contributed by atoms with van der Waals surface area (Å²) in [6, 6.07) is 36.5. The van der Waals surface area contributed by atoms with Gasteiger partial charge in [0.05, 0.1) is 11.0 Å². The van der Waals surface area contributed by atoms with Crippen LogP contribution in [0.5, 0.6) is 23.0 Å². The van der Waals surface area contributed by atoms with Gasteiger partial charge in [-0.15, -0.1) is 0 Å². The molecule has 0 saturated heterocycles. The van der Waals surface area contributed by atoms with Crippen molar-refractivity contribution in [2.24, 2.45) is 0 Å². The molecule has 6 aromatic carbocycles. The number of fused-ring (bicyclic) bond motifs is 9. The molecule has 0 aliphatic heterocycles. The number of rotatable bonds is 4. The number of nitrogens with two attached hydrogens (primary N) is 2. The summed E-state index contributed by atoms with van der Waals surface area (Å²) < 4.78 is 12.6. The molecule has 0 atom stereocenters. The lowest BCUT2D eigenvalue weighted by Crippen LogP contribution is -1.89. The average molecular weight is 583 g/mol. The van der Waals surface area contributed by atoms with E-state index in [1.54, 1.807) is 0 Å². The highest BCUT2D eigenvalue weighted by atomic mass is 16.5. The van der Waals surface area contributed by atoms with Gasteiger partial charge in [-0.3, -0.25) is 9.97 Å². The first-order valence-electron chi connectivity index (χ1n) is 14.8. The topological polar surface area (TPSA) is 96.3 Å². The summed E-state index contributed by atoms with van der Waals surface area (Å²) in [7, 11) is 0. The Morgan fingerprint density at radius 1 is 0.444 bits per heavy atom. The Balaban J connectivity index is 0.953. The summed E-state index contributed by atoms with van der Waals surface area (Å²) in [5.41, 5.74) is 20.0. The molecule has 2 heterocycles. The smallest absolute Gasteiger partial charge is 0.129 e. The van der Waals surface area contributed by atoms with Crippen molar-refractivity contribution in [2.45, 2.75) is 6.42 Å². The molecule has 45 heavy (non-hydrogen) atoms. The van der Waals surface area contributed by atoms with Crippen LogP contribution in [0.1, 0.15) is 11.1 Å². The molecular formula is C39H26N4O2. The first-order chi connectivity index (χ1) is 22.0. The minimum atomic E-state index is 0.731. The number of benzene rings is 6. The van der Waals surface area contributed by atoms with E-state index in [1.165, 1.54) is 22.3 Å². The molecule has 0 amide bonds. The molecule has 6 heteroatoms. The molecule has 0 saturated carbocycles. The predicted molar refractivity (Wildman–Crippen MR) is 182 cm³/mol. The maximum atomic E-state index is 6.32. The summed E-state index contributed by atoms with van der Waals surface area (Å²) in [6.07, 6.45) is 4.53. The second kappa shape index (κ2) is 9.69. The van der Waals surface area contributed by atoms with Crippen LogP contribution in [0, 0.1) is 0 Å². The van der Waals surface area contributed by atoms with Crippen LogP contribution in [-0.2, 0) is 6.42 Å². The highest BCUT2D eigenvalue weighted by Gasteiger charge is 2.20. The number of anilines is 2. The third-order valence-electron chi connectivity index (χ3n) is 8.65. The third-order valence-corrected chi connectivity index (χ3v) is 8.65. The minimum absolute atomic E-state index is 0.731. The van der Waals surface area contributed by atoms with E-state index in [0.717, 1.165) is 84.1 Å². The van der Waals surface area contributed by atoms with Crippen molar-refractivity contribution in [3.05, 3.63) is 133 Å². The number of ether oxygens (including phenoxy) is 2. The van der Waals surface area contributed by atoms with Crippen LogP contribution < -0.4 is 20.9 Å². The van der Waals surface area contributed by atoms with E-state index >= 15 is 0 Å². The zero-order chi connectivity index (χ0) is 30.1. The van der Waals surface area contributed by atoms with Crippen LogP contribution in [-0.4, -0.2) is 9.97 Å². The van der Waals surface area contributed by atoms with Crippen molar-refractivity contribution in [3.8, 4) is 34.1 Å². The lowest BCUT2D eigenvalue weighted by atomic mass is 10.1. The van der Waals surface area contributed by atoms with Gasteiger partial charge in [0.15, 0.2) is 0 Å². The van der Waals surface area contributed by atoms with Gasteiger partial charge in [0.25, 0.3) is 0 Å². The molecular weight excluding hydrogens is 556 g/mol. The van der Waals surface area contributed by atoms with Gasteiger partial charge in [-0.05, 0) is 112 Å². The van der Waals surface area contributed by atoms with Gasteiger partial charge in [-0.25, -0.2) is 0 Å². The molecule has 8 aromatic rings. The van der Waals surface area contributed by atoms with E-state index in [-0.39, 0.29) is 0 Å². The summed E-state index contributed by atoms with van der Waals surface area (Å²) in [6.45, 7) is 0. The van der Waals surface area contributed by atoms with Gasteiger partial charge < -0.3 is 20.9 Å². The molecule has 214 valence electrons. The molecule has 1 aliphatic rings. The number of pyridine rings is 2. The predicted octanol–water partition coefficient (Wildman–Crippen LogP) is 9.41. The standard InChI is InChI=1S/C39H26N4O2/c40-26-1-7-34-24(14-26)20-42-38-18-30(5-11-36(34)38)44-28-3-9-32-22(16-28)13-23-17-29(4-10-33(23)32)45-31-6-12-37-35-8-2-27(41)15-25(35)21-43-39(37)19-31/h1-12,14-21H,13,40-41H2. The summed E-state index contributed by atoms with van der Waals surface area (Å²) in [5, 5.41) is 6.43. The highest BCUT2D eigenvalue weighted by molar-refractivity contribution is 6.07. The fourth-order valence-corrected chi connectivity index (χ4v) is 6.53. The summed E-state index contributed by atoms with van der Waals surface area (Å²) in [5.74, 6) is 3.09. The van der Waals surface area contributed by atoms with Crippen molar-refractivity contribution in [1.29, 1.82) is 0 Å². The number of aromatic nitrogens is 2. The maximum absolute atomic E-state index is 6.32. The van der Waals surface area contributed by atoms with Crippen LogP contribution >= 0.6 is 0 Å². The Hall–Kier alpha value is -6.14. The van der Waals surface area contributed by atoms with Crippen molar-refractivity contribution < 1.29 is 9.47 Å². The van der Waals surface area contributed by atoms with Gasteiger partial charge in [-0.1, -0.05) is 24.3 Å². The Bertz CT molecular complexity index is 2330. The monoisotopic (exact) mass is 582 g/mol. The van der Waals surface area contributed by atoms with Crippen LogP contribution in [0.3, 0.4) is 0 Å². The van der Waals surface area contributed by atoms with Crippen molar-refractivity contribution in [3.63, 3.8) is 0 Å². The molecule has 0 fully saturated rings. The highest BCUT2D eigenvalue weighted by Crippen LogP contribution is 2.41. The fourth-order valence-electron chi connectivity index (χ4n) is 6.53. The quantitative estimate of drug-likeness (QED) is 0.158. The van der Waals surface area contributed by atoms with Crippen LogP contribution in [0.25, 0.3) is 54.5 Å². The largest absolute Gasteiger partial charge is 0.457 e. The lowest BCUT2D eigenvalue weighted by molar-refractivity contribution is 0.483. The molecule has 0 spiro atoms. The molecule has 0 bridgehead atoms. The molecule has 0 unspecified atom stereocenters. The maximum Gasteiger partial charge on any atom is 0.129 e. The first kappa shape index (κ1) is 25.4. The van der Waals surface area contributed by atoms with E-state index in [1.807, 2.05) is 85.2 Å². The van der Waals surface area contributed by atoms with Crippen LogP contribution in [0.2, 0.25) is 0 Å². The van der Waals surface area contributed by atoms with Gasteiger partial charge in [0, 0.05) is 57.4 Å². The molecule has 2 aromatic heterocycles. The lowest BCUT2D eigenvalue weighted by Gasteiger charge is -2.10. The van der Waals surface area contributed by atoms with Crippen molar-refractivity contribution in [1.82, 2.24) is 9.97 Å². The van der Waals surface area contributed by atoms with Crippen LogP contribution in [0.4, 0.5) is 11.4 Å². The SMILES string of the molecule is Nc1ccc2c(cnc3cc(Oc4ccc5c(c4)Cc4cc(Oc6ccc7c(c6)ncc6cc(N)ccc67)ccc4-5)ccc32)c1. The van der Waals surface area contributed by atoms with Gasteiger partial charge in [0.1, 0.15) is 23.0 Å². The Morgan fingerprint density at radius 2 is 0.867 bits per heavy atom. The third kappa shape index (κ3) is 4.34. The van der Waals surface area contributed by atoms with Crippen molar-refractivity contribution >= 4 is 54.7 Å². The molecule has 4 N–H and O–H groups in total. The Morgan fingerprint density at radius 3 is 1.36 bits per heavy atom. The second-order valence-electron chi connectivity index (χ2n) is 11.6. The van der Waals surface area contributed by atoms with Crippen molar-refractivity contribution in [2.75, 3.05) is 11.5 Å². The summed E-state index contributed by atoms with van der Waals surface area (Å²) >= 11 is 0. The molecule has 1 aliphatic carbocycles. The number of nitrogens with zero attached hydrogens (tertiary/aromatic N) is 2. The first-order valence-corrected chi connectivity index (χ1v) is 14.8. The molecule has 6 nitrogen and oxygen atoms in total. The minimum Gasteiger partial charge on any atom is -0.457 e. The molecule has 9 rings (SSSR count). The second-order valence-corrected chi connectivity index (χ2v) is 11.6. The average Bonchev–Trinajstić information content (AvgIpc) is 3.41. The number of hydrogen-bond donors (Lipinski definition) is 2. The van der Waals surface area contributed by atoms with E-state index < -0.39 is 0 Å².